The molecule has 0 saturated heterocycles. The minimum absolute atomic E-state index is 0.0299. The number of rotatable bonds is 4. The molecule has 1 heterocycles. The van der Waals surface area contributed by atoms with Crippen molar-refractivity contribution in [3.8, 4) is 0 Å². The Bertz CT molecular complexity index is 436. The summed E-state index contributed by atoms with van der Waals surface area (Å²) in [5, 5.41) is 6.97. The van der Waals surface area contributed by atoms with Crippen LogP contribution in [0, 0.1) is 12.8 Å². The highest BCUT2D eigenvalue weighted by Gasteiger charge is 2.15. The highest BCUT2D eigenvalue weighted by molar-refractivity contribution is 5.73. The van der Waals surface area contributed by atoms with Crippen LogP contribution >= 0.6 is 0 Å². The van der Waals surface area contributed by atoms with Crippen LogP contribution in [0.15, 0.2) is 10.6 Å². The van der Waals surface area contributed by atoms with Crippen LogP contribution in [0.25, 0.3) is 0 Å². The van der Waals surface area contributed by atoms with Crippen LogP contribution in [0.1, 0.15) is 56.4 Å². The standard InChI is InChI=1S/C16H27N3O2/c1-13-10-15(18-21-13)12-19(2)16(20)17-11-14-8-6-4-3-5-7-9-14/h10,14H,3-9,11-12H2,1-2H3,(H,17,20). The van der Waals surface area contributed by atoms with Crippen LogP contribution in [-0.4, -0.2) is 29.7 Å². The van der Waals surface area contributed by atoms with Crippen LogP contribution in [0.5, 0.6) is 0 Å². The first-order valence-corrected chi connectivity index (χ1v) is 8.06. The zero-order valence-corrected chi connectivity index (χ0v) is 13.2. The lowest BCUT2D eigenvalue weighted by atomic mass is 9.91. The molecule has 0 bridgehead atoms. The number of urea groups is 1. The molecule has 21 heavy (non-hydrogen) atoms. The largest absolute Gasteiger partial charge is 0.361 e. The summed E-state index contributed by atoms with van der Waals surface area (Å²) in [7, 11) is 1.79. The van der Waals surface area contributed by atoms with Crippen molar-refractivity contribution in [3.05, 3.63) is 17.5 Å². The summed E-state index contributed by atoms with van der Waals surface area (Å²) < 4.78 is 5.02. The highest BCUT2D eigenvalue weighted by Crippen LogP contribution is 2.21. The van der Waals surface area contributed by atoms with E-state index in [1.807, 2.05) is 13.0 Å². The first-order valence-electron chi connectivity index (χ1n) is 8.06. The highest BCUT2D eigenvalue weighted by atomic mass is 16.5. The van der Waals surface area contributed by atoms with Crippen LogP contribution in [0.3, 0.4) is 0 Å². The molecular formula is C16H27N3O2. The van der Waals surface area contributed by atoms with Gasteiger partial charge < -0.3 is 14.7 Å². The van der Waals surface area contributed by atoms with E-state index in [4.69, 9.17) is 4.52 Å². The second kappa shape index (κ2) is 8.05. The normalized spacial score (nSPS) is 17.0. The molecule has 0 spiro atoms. The average Bonchev–Trinajstić information content (AvgIpc) is 2.82. The number of aromatic nitrogens is 1. The SMILES string of the molecule is Cc1cc(CN(C)C(=O)NCC2CCCCCCC2)no1. The van der Waals surface area contributed by atoms with Gasteiger partial charge in [-0.1, -0.05) is 37.3 Å². The van der Waals surface area contributed by atoms with Gasteiger partial charge in [-0.2, -0.15) is 0 Å². The zero-order chi connectivity index (χ0) is 15.1. The first kappa shape index (κ1) is 15.9. The van der Waals surface area contributed by atoms with E-state index in [0.29, 0.717) is 12.5 Å². The second-order valence-corrected chi connectivity index (χ2v) is 6.18. The van der Waals surface area contributed by atoms with E-state index in [2.05, 4.69) is 10.5 Å². The topological polar surface area (TPSA) is 58.4 Å². The predicted molar refractivity (Wildman–Crippen MR) is 81.9 cm³/mol. The van der Waals surface area contributed by atoms with Crippen molar-refractivity contribution in [2.24, 2.45) is 5.92 Å². The van der Waals surface area contributed by atoms with Gasteiger partial charge >= 0.3 is 6.03 Å². The number of nitrogens with one attached hydrogen (secondary N) is 1. The molecule has 1 aliphatic carbocycles. The minimum Gasteiger partial charge on any atom is -0.361 e. The summed E-state index contributed by atoms with van der Waals surface area (Å²) in [4.78, 5) is 13.8. The third kappa shape index (κ3) is 5.40. The lowest BCUT2D eigenvalue weighted by Gasteiger charge is -2.22. The van der Waals surface area contributed by atoms with E-state index in [-0.39, 0.29) is 6.03 Å². The Morgan fingerprint density at radius 3 is 2.62 bits per heavy atom. The minimum atomic E-state index is -0.0299. The number of carbonyl (C=O) groups excluding carboxylic acids is 1. The van der Waals surface area contributed by atoms with Gasteiger partial charge in [0.2, 0.25) is 0 Å². The summed E-state index contributed by atoms with van der Waals surface area (Å²) in [6.07, 6.45) is 9.15. The first-order chi connectivity index (χ1) is 10.1. The van der Waals surface area contributed by atoms with Gasteiger partial charge in [-0.25, -0.2) is 4.79 Å². The molecule has 0 radical (unpaired) electrons. The number of nitrogens with zero attached hydrogens (tertiary/aromatic N) is 2. The van der Waals surface area contributed by atoms with Crippen LogP contribution in [0.4, 0.5) is 4.79 Å². The fourth-order valence-corrected chi connectivity index (χ4v) is 2.92. The molecule has 1 N–H and O–H groups in total. The van der Waals surface area contributed by atoms with E-state index < -0.39 is 0 Å². The fraction of sp³-hybridized carbons (Fsp3) is 0.750. The molecular weight excluding hydrogens is 266 g/mol. The van der Waals surface area contributed by atoms with E-state index >= 15 is 0 Å². The molecule has 5 nitrogen and oxygen atoms in total. The molecule has 2 rings (SSSR count). The molecule has 0 aromatic carbocycles. The molecule has 1 aromatic heterocycles. The second-order valence-electron chi connectivity index (χ2n) is 6.18. The Labute approximate surface area is 127 Å². The Morgan fingerprint density at radius 1 is 1.33 bits per heavy atom. The maximum Gasteiger partial charge on any atom is 0.317 e. The van der Waals surface area contributed by atoms with Crippen LogP contribution in [-0.2, 0) is 6.54 Å². The van der Waals surface area contributed by atoms with Crippen molar-refractivity contribution in [2.75, 3.05) is 13.6 Å². The van der Waals surface area contributed by atoms with Gasteiger partial charge in [0.1, 0.15) is 11.5 Å². The van der Waals surface area contributed by atoms with Gasteiger partial charge in [0.25, 0.3) is 0 Å². The summed E-state index contributed by atoms with van der Waals surface area (Å²) >= 11 is 0. The summed E-state index contributed by atoms with van der Waals surface area (Å²) in [6, 6.07) is 1.83. The van der Waals surface area contributed by atoms with E-state index in [1.165, 1.54) is 44.9 Å². The van der Waals surface area contributed by atoms with Gasteiger partial charge in [0, 0.05) is 19.7 Å². The number of hydrogen-bond acceptors (Lipinski definition) is 3. The molecule has 2 amide bonds. The van der Waals surface area contributed by atoms with Crippen molar-refractivity contribution in [1.82, 2.24) is 15.4 Å². The van der Waals surface area contributed by atoms with Crippen molar-refractivity contribution >= 4 is 6.03 Å². The lowest BCUT2D eigenvalue weighted by molar-refractivity contribution is 0.202. The molecule has 5 heteroatoms. The van der Waals surface area contributed by atoms with Gasteiger partial charge in [-0.3, -0.25) is 0 Å². The van der Waals surface area contributed by atoms with Crippen molar-refractivity contribution in [2.45, 2.75) is 58.4 Å². The molecule has 118 valence electrons. The van der Waals surface area contributed by atoms with Crippen molar-refractivity contribution in [1.29, 1.82) is 0 Å². The fourth-order valence-electron chi connectivity index (χ4n) is 2.92. The Kier molecular flexibility index (Phi) is 6.08. The molecule has 1 aromatic rings. The summed E-state index contributed by atoms with van der Waals surface area (Å²) in [6.45, 7) is 3.13. The molecule has 1 saturated carbocycles. The maximum atomic E-state index is 12.1. The number of aryl methyl sites for hydroxylation is 1. The monoisotopic (exact) mass is 293 g/mol. The lowest BCUT2D eigenvalue weighted by Crippen LogP contribution is -2.39. The van der Waals surface area contributed by atoms with E-state index in [0.717, 1.165) is 18.0 Å². The molecule has 1 aliphatic rings. The molecule has 0 unspecified atom stereocenters. The summed E-state index contributed by atoms with van der Waals surface area (Å²) in [5.41, 5.74) is 0.788. The van der Waals surface area contributed by atoms with Crippen LogP contribution < -0.4 is 5.32 Å². The third-order valence-corrected chi connectivity index (χ3v) is 4.19. The number of amides is 2. The Balaban J connectivity index is 1.72. The zero-order valence-electron chi connectivity index (χ0n) is 13.2. The van der Waals surface area contributed by atoms with Gasteiger partial charge in [-0.15, -0.1) is 0 Å². The summed E-state index contributed by atoms with van der Waals surface area (Å²) in [5.74, 6) is 1.41. The van der Waals surface area contributed by atoms with E-state index in [9.17, 15) is 4.79 Å². The van der Waals surface area contributed by atoms with Gasteiger partial charge in [0.15, 0.2) is 0 Å². The predicted octanol–water partition coefficient (Wildman–Crippen LogP) is 3.48. The third-order valence-electron chi connectivity index (χ3n) is 4.19. The molecule has 1 fully saturated rings. The van der Waals surface area contributed by atoms with Gasteiger partial charge in [-0.05, 0) is 25.7 Å². The van der Waals surface area contributed by atoms with E-state index in [1.54, 1.807) is 11.9 Å². The van der Waals surface area contributed by atoms with Crippen molar-refractivity contribution < 1.29 is 9.32 Å². The molecule has 0 atom stereocenters. The Hall–Kier alpha value is -1.52. The van der Waals surface area contributed by atoms with Crippen molar-refractivity contribution in [3.63, 3.8) is 0 Å². The number of carbonyl (C=O) groups is 1. The van der Waals surface area contributed by atoms with Crippen LogP contribution in [0.2, 0.25) is 0 Å². The van der Waals surface area contributed by atoms with Gasteiger partial charge in [0.05, 0.1) is 6.54 Å². The maximum absolute atomic E-state index is 12.1. The Morgan fingerprint density at radius 2 is 2.00 bits per heavy atom. The quantitative estimate of drug-likeness (QED) is 0.924. The smallest absolute Gasteiger partial charge is 0.317 e. The number of hydrogen-bond donors (Lipinski definition) is 1. The molecule has 0 aliphatic heterocycles. The average molecular weight is 293 g/mol.